The molecule has 4 heterocycles. The zero-order chi connectivity index (χ0) is 17.4. The molecule has 3 saturated heterocycles. The number of aromatic nitrogens is 1. The third-order valence-electron chi connectivity index (χ3n) is 5.35. The van der Waals surface area contributed by atoms with Crippen LogP contribution in [-0.2, 0) is 0 Å². The van der Waals surface area contributed by atoms with Gasteiger partial charge >= 0.3 is 6.09 Å². The first-order valence-electron chi connectivity index (χ1n) is 8.54. The molecule has 7 heteroatoms. The predicted molar refractivity (Wildman–Crippen MR) is 95.5 cm³/mol. The Balaban J connectivity index is 1.61. The minimum absolute atomic E-state index is 0.308. The number of halogens is 1. The summed E-state index contributed by atoms with van der Waals surface area (Å²) in [5.41, 5.74) is 2.44. The van der Waals surface area contributed by atoms with Gasteiger partial charge in [0.2, 0.25) is 0 Å². The standard InChI is InChI=1S/C18H20FN3O2S/c19-15-3-1-13(2-4-15)16-17(20-11-25-16)22(18(23)24)10-14-9-21-7-5-12(14)6-8-21/h1-4,11-12,14H,5-10H2,(H,23,24). The molecule has 25 heavy (non-hydrogen) atoms. The van der Waals surface area contributed by atoms with Crippen molar-refractivity contribution in [2.75, 3.05) is 31.1 Å². The van der Waals surface area contributed by atoms with Crippen LogP contribution in [0.15, 0.2) is 29.8 Å². The van der Waals surface area contributed by atoms with E-state index in [1.807, 2.05) is 0 Å². The molecule has 2 bridgehead atoms. The van der Waals surface area contributed by atoms with E-state index in [1.54, 1.807) is 17.6 Å². The normalized spacial score (nSPS) is 25.1. The highest BCUT2D eigenvalue weighted by atomic mass is 32.1. The fraction of sp³-hybridized carbons (Fsp3) is 0.444. The summed E-state index contributed by atoms with van der Waals surface area (Å²) in [7, 11) is 0. The van der Waals surface area contributed by atoms with Crippen molar-refractivity contribution in [1.82, 2.24) is 9.88 Å². The van der Waals surface area contributed by atoms with Crippen LogP contribution in [-0.4, -0.2) is 47.3 Å². The van der Waals surface area contributed by atoms with Crippen LogP contribution in [0.2, 0.25) is 0 Å². The van der Waals surface area contributed by atoms with Crippen LogP contribution < -0.4 is 4.90 Å². The van der Waals surface area contributed by atoms with Crippen LogP contribution in [0.3, 0.4) is 0 Å². The van der Waals surface area contributed by atoms with E-state index in [9.17, 15) is 14.3 Å². The molecular formula is C18H20FN3O2S. The molecule has 0 radical (unpaired) electrons. The van der Waals surface area contributed by atoms with E-state index in [0.29, 0.717) is 24.2 Å². The number of thiazole rings is 1. The minimum atomic E-state index is -0.981. The Morgan fingerprint density at radius 1 is 1.32 bits per heavy atom. The summed E-state index contributed by atoms with van der Waals surface area (Å²) in [6.07, 6.45) is 1.32. The average molecular weight is 361 g/mol. The maximum Gasteiger partial charge on any atom is 0.413 e. The Morgan fingerprint density at radius 2 is 2.04 bits per heavy atom. The van der Waals surface area contributed by atoms with Crippen molar-refractivity contribution < 1.29 is 14.3 Å². The van der Waals surface area contributed by atoms with Crippen molar-refractivity contribution in [3.8, 4) is 10.4 Å². The van der Waals surface area contributed by atoms with Gasteiger partial charge in [0.25, 0.3) is 0 Å². The number of carboxylic acid groups (broad SMARTS) is 1. The smallest absolute Gasteiger partial charge is 0.413 e. The van der Waals surface area contributed by atoms with Gasteiger partial charge in [-0.05, 0) is 55.5 Å². The molecule has 3 aliphatic heterocycles. The van der Waals surface area contributed by atoms with Crippen molar-refractivity contribution in [1.29, 1.82) is 0 Å². The molecule has 1 aromatic heterocycles. The fourth-order valence-electron chi connectivity index (χ4n) is 4.02. The Morgan fingerprint density at radius 3 is 2.64 bits per heavy atom. The quantitative estimate of drug-likeness (QED) is 0.900. The topological polar surface area (TPSA) is 56.7 Å². The number of nitrogens with zero attached hydrogens (tertiary/aromatic N) is 3. The number of hydrogen-bond donors (Lipinski definition) is 1. The van der Waals surface area contributed by atoms with E-state index < -0.39 is 6.09 Å². The molecule has 5 nitrogen and oxygen atoms in total. The van der Waals surface area contributed by atoms with Crippen molar-refractivity contribution >= 4 is 23.2 Å². The average Bonchev–Trinajstić information content (AvgIpc) is 3.10. The van der Waals surface area contributed by atoms with Crippen LogP contribution >= 0.6 is 11.3 Å². The number of piperidine rings is 3. The molecule has 1 unspecified atom stereocenters. The summed E-state index contributed by atoms with van der Waals surface area (Å²) in [5, 5.41) is 9.78. The monoisotopic (exact) mass is 361 g/mol. The molecule has 1 atom stereocenters. The van der Waals surface area contributed by atoms with Gasteiger partial charge in [0.15, 0.2) is 5.82 Å². The molecule has 1 N–H and O–H groups in total. The summed E-state index contributed by atoms with van der Waals surface area (Å²) >= 11 is 1.38. The van der Waals surface area contributed by atoms with Gasteiger partial charge in [0.05, 0.1) is 10.4 Å². The molecule has 1 aromatic carbocycles. The van der Waals surface area contributed by atoms with Crippen molar-refractivity contribution in [2.45, 2.75) is 12.8 Å². The first-order valence-corrected chi connectivity index (χ1v) is 9.42. The van der Waals surface area contributed by atoms with Gasteiger partial charge in [0, 0.05) is 13.1 Å². The highest BCUT2D eigenvalue weighted by Crippen LogP contribution is 2.37. The molecule has 2 aromatic rings. The van der Waals surface area contributed by atoms with Gasteiger partial charge in [-0.1, -0.05) is 12.1 Å². The fourth-order valence-corrected chi connectivity index (χ4v) is 4.81. The zero-order valence-corrected chi connectivity index (χ0v) is 14.6. The molecular weight excluding hydrogens is 341 g/mol. The molecule has 0 aliphatic carbocycles. The lowest BCUT2D eigenvalue weighted by atomic mass is 9.79. The summed E-state index contributed by atoms with van der Waals surface area (Å²) < 4.78 is 13.2. The lowest BCUT2D eigenvalue weighted by molar-refractivity contribution is 0.0542. The Kier molecular flexibility index (Phi) is 4.43. The van der Waals surface area contributed by atoms with Crippen molar-refractivity contribution in [2.24, 2.45) is 11.8 Å². The highest BCUT2D eigenvalue weighted by molar-refractivity contribution is 7.13. The number of rotatable bonds is 4. The van der Waals surface area contributed by atoms with Crippen LogP contribution in [0.5, 0.6) is 0 Å². The van der Waals surface area contributed by atoms with E-state index in [1.165, 1.54) is 28.4 Å². The molecule has 132 valence electrons. The van der Waals surface area contributed by atoms with Gasteiger partial charge in [-0.25, -0.2) is 14.2 Å². The van der Waals surface area contributed by atoms with Gasteiger partial charge in [0.1, 0.15) is 5.82 Å². The van der Waals surface area contributed by atoms with Crippen LogP contribution in [0.25, 0.3) is 10.4 Å². The highest BCUT2D eigenvalue weighted by Gasteiger charge is 2.36. The van der Waals surface area contributed by atoms with Crippen LogP contribution in [0.4, 0.5) is 15.0 Å². The number of anilines is 1. The largest absolute Gasteiger partial charge is 0.465 e. The van der Waals surface area contributed by atoms with Crippen molar-refractivity contribution in [3.63, 3.8) is 0 Å². The Bertz CT molecular complexity index is 756. The second kappa shape index (κ2) is 6.72. The van der Waals surface area contributed by atoms with Gasteiger partial charge in [-0.2, -0.15) is 0 Å². The molecule has 3 aliphatic rings. The number of carbonyl (C=O) groups is 1. The van der Waals surface area contributed by atoms with E-state index in [-0.39, 0.29) is 5.82 Å². The predicted octanol–water partition coefficient (Wildman–Crippen LogP) is 3.78. The van der Waals surface area contributed by atoms with E-state index >= 15 is 0 Å². The SMILES string of the molecule is O=C(O)N(CC1CN2CCC1CC2)c1ncsc1-c1ccc(F)cc1. The molecule has 5 rings (SSSR count). The Labute approximate surface area is 149 Å². The Hall–Kier alpha value is -1.99. The maximum absolute atomic E-state index is 13.2. The van der Waals surface area contributed by atoms with Gasteiger partial charge in [-0.15, -0.1) is 11.3 Å². The third-order valence-corrected chi connectivity index (χ3v) is 6.22. The first kappa shape index (κ1) is 16.5. The van der Waals surface area contributed by atoms with E-state index in [0.717, 1.165) is 42.9 Å². The van der Waals surface area contributed by atoms with Crippen LogP contribution in [0.1, 0.15) is 12.8 Å². The minimum Gasteiger partial charge on any atom is -0.465 e. The zero-order valence-electron chi connectivity index (χ0n) is 13.8. The maximum atomic E-state index is 13.2. The molecule has 3 fully saturated rings. The summed E-state index contributed by atoms with van der Waals surface area (Å²) in [6, 6.07) is 6.11. The first-order chi connectivity index (χ1) is 12.1. The van der Waals surface area contributed by atoms with Crippen LogP contribution in [0, 0.1) is 17.7 Å². The number of fused-ring (bicyclic) bond motifs is 3. The second-order valence-corrected chi connectivity index (χ2v) is 7.66. The summed E-state index contributed by atoms with van der Waals surface area (Å²) in [6.45, 7) is 3.69. The molecule has 1 amide bonds. The van der Waals surface area contributed by atoms with E-state index in [4.69, 9.17) is 0 Å². The van der Waals surface area contributed by atoms with Gasteiger partial charge in [-0.3, -0.25) is 4.90 Å². The molecule has 0 spiro atoms. The summed E-state index contributed by atoms with van der Waals surface area (Å²) in [5.74, 6) is 1.10. The van der Waals surface area contributed by atoms with E-state index in [2.05, 4.69) is 9.88 Å². The second-order valence-electron chi connectivity index (χ2n) is 6.80. The summed E-state index contributed by atoms with van der Waals surface area (Å²) in [4.78, 5) is 20.8. The molecule has 0 saturated carbocycles. The number of hydrogen-bond acceptors (Lipinski definition) is 4. The lowest BCUT2D eigenvalue weighted by Gasteiger charge is -2.45. The third kappa shape index (κ3) is 3.26. The van der Waals surface area contributed by atoms with Gasteiger partial charge < -0.3 is 10.0 Å². The number of amides is 1. The number of benzene rings is 1. The van der Waals surface area contributed by atoms with Crippen molar-refractivity contribution in [3.05, 3.63) is 35.6 Å². The lowest BCUT2D eigenvalue weighted by Crippen LogP contribution is -2.51.